The Morgan fingerprint density at radius 2 is 1.61 bits per heavy atom. The van der Waals surface area contributed by atoms with Gasteiger partial charge in [0.05, 0.1) is 11.3 Å². The van der Waals surface area contributed by atoms with Crippen molar-refractivity contribution >= 4 is 40.8 Å². The van der Waals surface area contributed by atoms with Crippen LogP contribution in [0.1, 0.15) is 5.56 Å². The largest absolute Gasteiger partial charge is 0.522 e. The lowest BCUT2D eigenvalue weighted by Crippen LogP contribution is -2.21. The maximum atomic E-state index is 11.0. The fraction of sp³-hybridized carbons (Fsp3) is 0.182. The number of nitrogens with zero attached hydrogens (tertiary/aromatic N) is 1. The second-order valence-electron chi connectivity index (χ2n) is 4.09. The van der Waals surface area contributed by atoms with Crippen molar-refractivity contribution in [2.45, 2.75) is 11.3 Å². The third kappa shape index (κ3) is 6.29. The summed E-state index contributed by atoms with van der Waals surface area (Å²) in [4.78, 5) is 4.13. The molecular formula is C11H9ClF3NO5S2. The molecule has 23 heavy (non-hydrogen) atoms. The van der Waals surface area contributed by atoms with Crippen LogP contribution >= 0.6 is 10.7 Å². The van der Waals surface area contributed by atoms with E-state index in [1.54, 1.807) is 12.3 Å². The molecule has 0 saturated carbocycles. The van der Waals surface area contributed by atoms with Crippen LogP contribution in [0.3, 0.4) is 0 Å². The fourth-order valence-electron chi connectivity index (χ4n) is 1.47. The van der Waals surface area contributed by atoms with Gasteiger partial charge in [0.25, 0.3) is 0 Å². The molecule has 2 rings (SSSR count). The van der Waals surface area contributed by atoms with Gasteiger partial charge in [0.1, 0.15) is 0 Å². The molecule has 6 nitrogen and oxygen atoms in total. The summed E-state index contributed by atoms with van der Waals surface area (Å²) in [5, 5.41) is 0.823. The molecule has 0 aliphatic carbocycles. The van der Waals surface area contributed by atoms with E-state index in [1.165, 1.54) is 0 Å². The third-order valence-electron chi connectivity index (χ3n) is 2.36. The lowest BCUT2D eigenvalue weighted by Gasteiger charge is -2.02. The molecule has 0 amide bonds. The Bertz CT molecular complexity index is 892. The Hall–Kier alpha value is -1.43. The number of halogens is 4. The van der Waals surface area contributed by atoms with Crippen LogP contribution in [0.15, 0.2) is 36.5 Å². The Kier molecular flexibility index (Phi) is 5.96. The van der Waals surface area contributed by atoms with Gasteiger partial charge in [-0.2, -0.15) is 21.6 Å². The minimum Gasteiger partial charge on any atom is -0.279 e. The molecule has 0 atom stereocenters. The van der Waals surface area contributed by atoms with Gasteiger partial charge in [-0.1, -0.05) is 18.2 Å². The summed E-state index contributed by atoms with van der Waals surface area (Å²) in [6, 6.07) is 9.03. The van der Waals surface area contributed by atoms with E-state index < -0.39 is 24.7 Å². The second kappa shape index (κ2) is 6.99. The zero-order valence-corrected chi connectivity index (χ0v) is 13.4. The first-order valence-corrected chi connectivity index (χ1v) is 9.52. The van der Waals surface area contributed by atoms with Gasteiger partial charge in [-0.05, 0) is 17.7 Å². The lowest BCUT2D eigenvalue weighted by atomic mass is 10.1. The van der Waals surface area contributed by atoms with E-state index in [0.717, 1.165) is 10.9 Å². The first-order chi connectivity index (χ1) is 10.3. The first kappa shape index (κ1) is 19.6. The van der Waals surface area contributed by atoms with Crippen LogP contribution in [0, 0.1) is 0 Å². The number of alkyl halides is 3. The molecule has 0 radical (unpaired) electrons. The van der Waals surface area contributed by atoms with Gasteiger partial charge in [-0.15, -0.1) is 0 Å². The Balaban J connectivity index is 0.000000284. The molecule has 0 saturated heterocycles. The minimum atomic E-state index is -5.84. The van der Waals surface area contributed by atoms with Crippen LogP contribution in [0.25, 0.3) is 10.9 Å². The van der Waals surface area contributed by atoms with E-state index in [9.17, 15) is 21.6 Å². The van der Waals surface area contributed by atoms with Crippen LogP contribution in [0.2, 0.25) is 0 Å². The van der Waals surface area contributed by atoms with Crippen LogP contribution in [-0.4, -0.2) is 31.9 Å². The van der Waals surface area contributed by atoms with Crippen molar-refractivity contribution < 1.29 is 34.6 Å². The molecule has 2 aromatic rings. The highest BCUT2D eigenvalue weighted by Gasteiger charge is 2.44. The molecule has 1 heterocycles. The van der Waals surface area contributed by atoms with Crippen molar-refractivity contribution in [1.82, 2.24) is 4.98 Å². The van der Waals surface area contributed by atoms with E-state index in [0.29, 0.717) is 5.56 Å². The first-order valence-electron chi connectivity index (χ1n) is 5.60. The SMILES string of the molecule is O=S(=O)(Cl)Cc1ccnc2ccccc12.O=S(=O)(O)C(F)(F)F. The number of para-hydroxylation sites is 1. The molecule has 1 aromatic heterocycles. The maximum absolute atomic E-state index is 11.0. The monoisotopic (exact) mass is 391 g/mol. The standard InChI is InChI=1S/C10H8ClNO2S.CHF3O3S/c11-15(13,14)7-8-5-6-12-10-4-2-1-3-9(8)10;2-1(3,4)8(5,6)7/h1-6H,7H2;(H,5,6,7). The summed E-state index contributed by atoms with van der Waals surface area (Å²) in [5.74, 6) is -0.169. The number of fused-ring (bicyclic) bond motifs is 1. The van der Waals surface area contributed by atoms with E-state index in [2.05, 4.69) is 4.98 Å². The Morgan fingerprint density at radius 1 is 1.09 bits per heavy atom. The molecule has 0 spiro atoms. The molecule has 0 aliphatic heterocycles. The van der Waals surface area contributed by atoms with Crippen LogP contribution in [0.5, 0.6) is 0 Å². The van der Waals surface area contributed by atoms with Gasteiger partial charge in [-0.25, -0.2) is 8.42 Å². The number of pyridine rings is 1. The average molecular weight is 392 g/mol. The normalized spacial score (nSPS) is 12.6. The van der Waals surface area contributed by atoms with E-state index >= 15 is 0 Å². The third-order valence-corrected chi connectivity index (χ3v) is 3.93. The number of aromatic nitrogens is 1. The molecule has 0 unspecified atom stereocenters. The zero-order valence-electron chi connectivity index (χ0n) is 11.0. The summed E-state index contributed by atoms with van der Waals surface area (Å²) in [6.45, 7) is 0. The van der Waals surface area contributed by atoms with E-state index in [4.69, 9.17) is 23.7 Å². The fourth-order valence-corrected chi connectivity index (χ4v) is 2.44. The lowest BCUT2D eigenvalue weighted by molar-refractivity contribution is -0.0510. The molecule has 1 aromatic carbocycles. The molecular weight excluding hydrogens is 383 g/mol. The number of hydrogen-bond acceptors (Lipinski definition) is 5. The van der Waals surface area contributed by atoms with Gasteiger partial charge in [-0.3, -0.25) is 9.54 Å². The van der Waals surface area contributed by atoms with Gasteiger partial charge < -0.3 is 0 Å². The summed E-state index contributed by atoms with van der Waals surface area (Å²) < 4.78 is 79.5. The van der Waals surface area contributed by atoms with Gasteiger partial charge >= 0.3 is 15.6 Å². The number of benzene rings is 1. The van der Waals surface area contributed by atoms with Crippen LogP contribution in [-0.2, 0) is 24.9 Å². The Labute approximate surface area is 134 Å². The maximum Gasteiger partial charge on any atom is 0.522 e. The van der Waals surface area contributed by atoms with Crippen molar-refractivity contribution in [3.05, 3.63) is 42.1 Å². The topological polar surface area (TPSA) is 101 Å². The van der Waals surface area contributed by atoms with Crippen LogP contribution in [0.4, 0.5) is 13.2 Å². The Morgan fingerprint density at radius 3 is 2.09 bits per heavy atom. The van der Waals surface area contributed by atoms with Gasteiger partial charge in [0.2, 0.25) is 9.05 Å². The van der Waals surface area contributed by atoms with Crippen molar-refractivity contribution in [2.24, 2.45) is 0 Å². The van der Waals surface area contributed by atoms with Crippen molar-refractivity contribution in [1.29, 1.82) is 0 Å². The molecule has 0 bridgehead atoms. The van der Waals surface area contributed by atoms with Crippen molar-refractivity contribution in [2.75, 3.05) is 0 Å². The average Bonchev–Trinajstić information content (AvgIpc) is 2.36. The van der Waals surface area contributed by atoms with Crippen LogP contribution < -0.4 is 0 Å². The van der Waals surface area contributed by atoms with Gasteiger partial charge in [0, 0.05) is 22.3 Å². The minimum absolute atomic E-state index is 0.169. The summed E-state index contributed by atoms with van der Waals surface area (Å²) in [6.07, 6.45) is 1.58. The van der Waals surface area contributed by atoms with E-state index in [1.807, 2.05) is 24.3 Å². The summed E-state index contributed by atoms with van der Waals surface area (Å²) >= 11 is 0. The number of hydrogen-bond donors (Lipinski definition) is 1. The number of rotatable bonds is 2. The van der Waals surface area contributed by atoms with E-state index in [-0.39, 0.29) is 5.75 Å². The highest BCUT2D eigenvalue weighted by molar-refractivity contribution is 8.13. The predicted octanol–water partition coefficient (Wildman–Crippen LogP) is 2.70. The smallest absolute Gasteiger partial charge is 0.279 e. The molecule has 128 valence electrons. The quantitative estimate of drug-likeness (QED) is 0.480. The van der Waals surface area contributed by atoms with Gasteiger partial charge in [0.15, 0.2) is 0 Å². The molecule has 1 N–H and O–H groups in total. The molecule has 12 heteroatoms. The zero-order chi connectivity index (χ0) is 17.9. The highest BCUT2D eigenvalue weighted by atomic mass is 35.7. The second-order valence-corrected chi connectivity index (χ2v) is 8.28. The summed E-state index contributed by atoms with van der Waals surface area (Å²) in [5.41, 5.74) is -4.08. The summed E-state index contributed by atoms with van der Waals surface area (Å²) in [7, 11) is -4.14. The molecule has 0 aliphatic rings. The molecule has 0 fully saturated rings. The highest BCUT2D eigenvalue weighted by Crippen LogP contribution is 2.21. The predicted molar refractivity (Wildman–Crippen MR) is 77.8 cm³/mol. The van der Waals surface area contributed by atoms with Crippen molar-refractivity contribution in [3.63, 3.8) is 0 Å². The van der Waals surface area contributed by atoms with Crippen molar-refractivity contribution in [3.8, 4) is 0 Å².